The van der Waals surface area contributed by atoms with Crippen LogP contribution in [0, 0.1) is 0 Å². The van der Waals surface area contributed by atoms with E-state index < -0.39 is 17.6 Å². The van der Waals surface area contributed by atoms with E-state index >= 15 is 0 Å². The van der Waals surface area contributed by atoms with E-state index in [0.29, 0.717) is 12.0 Å². The molecule has 0 N–H and O–H groups in total. The largest absolute Gasteiger partial charge is 0.468 e. The van der Waals surface area contributed by atoms with Crippen molar-refractivity contribution in [2.75, 3.05) is 20.2 Å². The fourth-order valence-electron chi connectivity index (χ4n) is 2.83. The number of carbonyl (C=O) groups is 2. The first-order chi connectivity index (χ1) is 9.48. The second-order valence-corrected chi connectivity index (χ2v) is 6.17. The molecule has 1 fully saturated rings. The Labute approximate surface area is 124 Å². The number of fused-ring (bicyclic) bond motifs is 2. The highest BCUT2D eigenvalue weighted by Gasteiger charge is 2.61. The Kier molecular flexibility index (Phi) is 3.08. The molecule has 6 heteroatoms. The number of esters is 1. The SMILES string of the molecule is COC(=O)CN1CC2(CC2F)c2cc(Br)ccc2C1=O. The molecule has 1 aromatic carbocycles. The summed E-state index contributed by atoms with van der Waals surface area (Å²) >= 11 is 3.35. The highest BCUT2D eigenvalue weighted by molar-refractivity contribution is 9.10. The summed E-state index contributed by atoms with van der Waals surface area (Å²) in [5, 5.41) is 0. The highest BCUT2D eigenvalue weighted by Crippen LogP contribution is 2.54. The van der Waals surface area contributed by atoms with Gasteiger partial charge in [-0.15, -0.1) is 0 Å². The normalized spacial score (nSPS) is 27.4. The number of ether oxygens (including phenoxy) is 1. The Hall–Kier alpha value is -1.43. The van der Waals surface area contributed by atoms with Gasteiger partial charge >= 0.3 is 5.97 Å². The molecule has 1 aromatic rings. The first-order valence-electron chi connectivity index (χ1n) is 6.28. The summed E-state index contributed by atoms with van der Waals surface area (Å²) in [6.45, 7) is 0.0882. The van der Waals surface area contributed by atoms with Gasteiger partial charge in [-0.2, -0.15) is 0 Å². The van der Waals surface area contributed by atoms with Crippen molar-refractivity contribution in [2.45, 2.75) is 18.0 Å². The van der Waals surface area contributed by atoms with Gasteiger partial charge in [0.15, 0.2) is 0 Å². The summed E-state index contributed by atoms with van der Waals surface area (Å²) in [5.74, 6) is -0.743. The van der Waals surface area contributed by atoms with Crippen LogP contribution in [0.4, 0.5) is 4.39 Å². The second-order valence-electron chi connectivity index (χ2n) is 5.26. The third kappa shape index (κ3) is 1.93. The minimum atomic E-state index is -0.969. The average Bonchev–Trinajstić information content (AvgIpc) is 3.06. The van der Waals surface area contributed by atoms with E-state index in [-0.39, 0.29) is 19.0 Å². The lowest BCUT2D eigenvalue weighted by Gasteiger charge is -2.34. The van der Waals surface area contributed by atoms with Crippen LogP contribution in [0.1, 0.15) is 22.3 Å². The molecular formula is C14H13BrFNO3. The third-order valence-corrected chi connectivity index (χ3v) is 4.53. The van der Waals surface area contributed by atoms with Gasteiger partial charge in [-0.3, -0.25) is 9.59 Å². The van der Waals surface area contributed by atoms with Crippen molar-refractivity contribution in [1.82, 2.24) is 4.90 Å². The van der Waals surface area contributed by atoms with Gasteiger partial charge < -0.3 is 9.64 Å². The molecule has 1 saturated carbocycles. The first-order valence-corrected chi connectivity index (χ1v) is 7.07. The molecule has 0 bridgehead atoms. The molecule has 2 aliphatic rings. The quantitative estimate of drug-likeness (QED) is 0.773. The van der Waals surface area contributed by atoms with Crippen LogP contribution in [0.25, 0.3) is 0 Å². The molecule has 0 aromatic heterocycles. The van der Waals surface area contributed by atoms with Gasteiger partial charge in [-0.05, 0) is 30.2 Å². The minimum Gasteiger partial charge on any atom is -0.468 e. The Balaban J connectivity index is 2.01. The molecule has 1 heterocycles. The number of hydrogen-bond acceptors (Lipinski definition) is 3. The van der Waals surface area contributed by atoms with E-state index in [9.17, 15) is 14.0 Å². The summed E-state index contributed by atoms with van der Waals surface area (Å²) in [6.07, 6.45) is -0.578. The lowest BCUT2D eigenvalue weighted by molar-refractivity contribution is -0.141. The molecule has 1 spiro atoms. The minimum absolute atomic E-state index is 0.140. The third-order valence-electron chi connectivity index (χ3n) is 4.04. The number of hydrogen-bond donors (Lipinski definition) is 0. The molecule has 3 rings (SSSR count). The molecule has 2 unspecified atom stereocenters. The molecule has 1 amide bonds. The van der Waals surface area contributed by atoms with Crippen molar-refractivity contribution >= 4 is 27.8 Å². The van der Waals surface area contributed by atoms with Crippen molar-refractivity contribution in [2.24, 2.45) is 0 Å². The first kappa shape index (κ1) is 13.5. The Morgan fingerprint density at radius 3 is 2.90 bits per heavy atom. The number of methoxy groups -OCH3 is 1. The van der Waals surface area contributed by atoms with E-state index in [0.717, 1.165) is 10.0 Å². The number of alkyl halides is 1. The van der Waals surface area contributed by atoms with E-state index in [1.165, 1.54) is 12.0 Å². The molecule has 0 saturated heterocycles. The van der Waals surface area contributed by atoms with Crippen molar-refractivity contribution in [3.8, 4) is 0 Å². The van der Waals surface area contributed by atoms with Gasteiger partial charge in [0.05, 0.1) is 7.11 Å². The van der Waals surface area contributed by atoms with Crippen LogP contribution in [0.5, 0.6) is 0 Å². The molecule has 2 atom stereocenters. The van der Waals surface area contributed by atoms with Gasteiger partial charge in [0, 0.05) is 22.0 Å². The summed E-state index contributed by atoms with van der Waals surface area (Å²) in [6, 6.07) is 5.24. The summed E-state index contributed by atoms with van der Waals surface area (Å²) < 4.78 is 19.3. The van der Waals surface area contributed by atoms with Gasteiger partial charge in [-0.25, -0.2) is 4.39 Å². The van der Waals surface area contributed by atoms with Crippen molar-refractivity contribution < 1.29 is 18.7 Å². The maximum Gasteiger partial charge on any atom is 0.325 e. The molecular weight excluding hydrogens is 329 g/mol. The number of halogens is 2. The van der Waals surface area contributed by atoms with Gasteiger partial charge in [0.25, 0.3) is 5.91 Å². The Morgan fingerprint density at radius 2 is 2.30 bits per heavy atom. The number of amides is 1. The summed E-state index contributed by atoms with van der Waals surface area (Å²) in [7, 11) is 1.27. The molecule has 1 aliphatic heterocycles. The van der Waals surface area contributed by atoms with Gasteiger partial charge in [0.2, 0.25) is 0 Å². The lowest BCUT2D eigenvalue weighted by Crippen LogP contribution is -2.46. The average molecular weight is 342 g/mol. The number of benzene rings is 1. The van der Waals surface area contributed by atoms with Crippen LogP contribution in [-0.4, -0.2) is 43.1 Å². The van der Waals surface area contributed by atoms with Crippen molar-refractivity contribution in [1.29, 1.82) is 0 Å². The maximum absolute atomic E-state index is 13.9. The zero-order valence-electron chi connectivity index (χ0n) is 10.9. The van der Waals surface area contributed by atoms with Crippen LogP contribution in [0.3, 0.4) is 0 Å². The van der Waals surface area contributed by atoms with E-state index in [2.05, 4.69) is 20.7 Å². The van der Waals surface area contributed by atoms with Crippen molar-refractivity contribution in [3.05, 3.63) is 33.8 Å². The van der Waals surface area contributed by atoms with Crippen LogP contribution in [0.15, 0.2) is 22.7 Å². The number of carbonyl (C=O) groups excluding carboxylic acids is 2. The summed E-state index contributed by atoms with van der Waals surface area (Å²) in [5.41, 5.74) is 0.565. The van der Waals surface area contributed by atoms with E-state index in [4.69, 9.17) is 0 Å². The standard InChI is InChI=1S/C14H13BrFNO3/c1-20-12(18)6-17-7-14(5-11(14)16)10-4-8(15)2-3-9(10)13(17)19/h2-4,11H,5-7H2,1H3. The molecule has 20 heavy (non-hydrogen) atoms. The molecule has 4 nitrogen and oxygen atoms in total. The molecule has 106 valence electrons. The second kappa shape index (κ2) is 4.55. The topological polar surface area (TPSA) is 46.6 Å². The van der Waals surface area contributed by atoms with Crippen LogP contribution in [-0.2, 0) is 14.9 Å². The molecule has 1 aliphatic carbocycles. The van der Waals surface area contributed by atoms with Crippen LogP contribution >= 0.6 is 15.9 Å². The number of nitrogens with zero attached hydrogens (tertiary/aromatic N) is 1. The van der Waals surface area contributed by atoms with Crippen LogP contribution < -0.4 is 0 Å². The fraction of sp³-hybridized carbons (Fsp3) is 0.429. The highest BCUT2D eigenvalue weighted by atomic mass is 79.9. The maximum atomic E-state index is 13.9. The van der Waals surface area contributed by atoms with Crippen molar-refractivity contribution in [3.63, 3.8) is 0 Å². The van der Waals surface area contributed by atoms with E-state index in [1.807, 2.05) is 6.07 Å². The van der Waals surface area contributed by atoms with Gasteiger partial charge in [-0.1, -0.05) is 15.9 Å². The van der Waals surface area contributed by atoms with Gasteiger partial charge in [0.1, 0.15) is 12.7 Å². The lowest BCUT2D eigenvalue weighted by atomic mass is 9.86. The fourth-order valence-corrected chi connectivity index (χ4v) is 3.20. The Bertz CT molecular complexity index is 606. The van der Waals surface area contributed by atoms with Crippen LogP contribution in [0.2, 0.25) is 0 Å². The number of rotatable bonds is 2. The zero-order chi connectivity index (χ0) is 14.5. The Morgan fingerprint density at radius 1 is 1.60 bits per heavy atom. The monoisotopic (exact) mass is 341 g/mol. The van der Waals surface area contributed by atoms with E-state index in [1.54, 1.807) is 12.1 Å². The summed E-state index contributed by atoms with van der Waals surface area (Å²) in [4.78, 5) is 25.1. The smallest absolute Gasteiger partial charge is 0.325 e. The predicted octanol–water partition coefficient (Wildman–Crippen LogP) is 2.06. The zero-order valence-corrected chi connectivity index (χ0v) is 12.4. The predicted molar refractivity (Wildman–Crippen MR) is 73.3 cm³/mol. The molecule has 0 radical (unpaired) electrons.